The standard InChI is InChI=1S/C15H25NO7/c1-14(2,3)22-12(20)16(13(21)23-15(4,5)6)10(11(18)19)8-7-9-17/h9-10H,7-8H2,1-6H3,(H,18,19). The Kier molecular flexibility index (Phi) is 7.21. The Bertz CT molecular complexity index is 431. The second-order valence-corrected chi connectivity index (χ2v) is 6.93. The molecule has 2 amide bonds. The summed E-state index contributed by atoms with van der Waals surface area (Å²) in [6.07, 6.45) is -2.11. The quantitative estimate of drug-likeness (QED) is 0.771. The average Bonchev–Trinajstić information content (AvgIpc) is 2.28. The SMILES string of the molecule is CC(C)(C)OC(=O)N(C(=O)OC(C)(C)C)C(CCC=O)C(=O)O. The van der Waals surface area contributed by atoms with Crippen LogP contribution in [0.25, 0.3) is 0 Å². The van der Waals surface area contributed by atoms with E-state index in [1.54, 1.807) is 41.5 Å². The molecular formula is C15H25NO7. The summed E-state index contributed by atoms with van der Waals surface area (Å²) in [6, 6.07) is -1.55. The summed E-state index contributed by atoms with van der Waals surface area (Å²) in [5.41, 5.74) is -1.85. The zero-order valence-corrected chi connectivity index (χ0v) is 14.4. The predicted molar refractivity (Wildman–Crippen MR) is 81.0 cm³/mol. The number of aldehydes is 1. The lowest BCUT2D eigenvalue weighted by Gasteiger charge is -2.31. The van der Waals surface area contributed by atoms with Crippen LogP contribution in [0.2, 0.25) is 0 Å². The van der Waals surface area contributed by atoms with Gasteiger partial charge in [0.2, 0.25) is 0 Å². The molecule has 0 spiro atoms. The van der Waals surface area contributed by atoms with Gasteiger partial charge in [-0.3, -0.25) is 0 Å². The highest BCUT2D eigenvalue weighted by Crippen LogP contribution is 2.19. The van der Waals surface area contributed by atoms with Crippen LogP contribution < -0.4 is 0 Å². The maximum atomic E-state index is 12.2. The predicted octanol–water partition coefficient (Wildman–Crippen LogP) is 2.59. The third-order valence-electron chi connectivity index (χ3n) is 2.34. The summed E-state index contributed by atoms with van der Waals surface area (Å²) in [4.78, 5) is 46.8. The second kappa shape index (κ2) is 7.94. The van der Waals surface area contributed by atoms with Crippen LogP contribution in [0.1, 0.15) is 54.4 Å². The van der Waals surface area contributed by atoms with Crippen molar-refractivity contribution in [2.75, 3.05) is 0 Å². The molecule has 0 aromatic carbocycles. The molecule has 0 rings (SSSR count). The molecule has 0 saturated carbocycles. The van der Waals surface area contributed by atoms with Crippen molar-refractivity contribution in [1.29, 1.82) is 0 Å². The molecule has 0 radical (unpaired) electrons. The Hall–Kier alpha value is -2.12. The van der Waals surface area contributed by atoms with Crippen LogP contribution in [-0.2, 0) is 19.1 Å². The van der Waals surface area contributed by atoms with Crippen LogP contribution in [0.4, 0.5) is 9.59 Å². The molecule has 132 valence electrons. The monoisotopic (exact) mass is 331 g/mol. The summed E-state index contributed by atoms with van der Waals surface area (Å²) in [6.45, 7) is 9.50. The summed E-state index contributed by atoms with van der Waals surface area (Å²) >= 11 is 0. The van der Waals surface area contributed by atoms with Crippen LogP contribution in [0.5, 0.6) is 0 Å². The number of carboxylic acids is 1. The number of carbonyl (C=O) groups excluding carboxylic acids is 3. The summed E-state index contributed by atoms with van der Waals surface area (Å²) in [5.74, 6) is -1.43. The Morgan fingerprint density at radius 1 is 1.00 bits per heavy atom. The topological polar surface area (TPSA) is 110 Å². The maximum absolute atomic E-state index is 12.2. The van der Waals surface area contributed by atoms with Crippen molar-refractivity contribution >= 4 is 24.4 Å². The molecule has 8 nitrogen and oxygen atoms in total. The van der Waals surface area contributed by atoms with Gasteiger partial charge in [0, 0.05) is 6.42 Å². The zero-order valence-electron chi connectivity index (χ0n) is 14.4. The van der Waals surface area contributed by atoms with Gasteiger partial charge in [0.15, 0.2) is 0 Å². The summed E-state index contributed by atoms with van der Waals surface area (Å²) < 4.78 is 10.2. The molecule has 1 atom stereocenters. The van der Waals surface area contributed by atoms with Crippen molar-refractivity contribution in [2.24, 2.45) is 0 Å². The number of nitrogens with zero attached hydrogens (tertiary/aromatic N) is 1. The van der Waals surface area contributed by atoms with Crippen molar-refractivity contribution in [3.05, 3.63) is 0 Å². The molecule has 1 unspecified atom stereocenters. The van der Waals surface area contributed by atoms with Gasteiger partial charge in [-0.2, -0.15) is 4.90 Å². The molecule has 0 bridgehead atoms. The fourth-order valence-electron chi connectivity index (χ4n) is 1.54. The Morgan fingerprint density at radius 3 is 1.65 bits per heavy atom. The lowest BCUT2D eigenvalue weighted by molar-refractivity contribution is -0.143. The fourth-order valence-corrected chi connectivity index (χ4v) is 1.54. The van der Waals surface area contributed by atoms with Gasteiger partial charge >= 0.3 is 18.2 Å². The molecule has 1 N–H and O–H groups in total. The fraction of sp³-hybridized carbons (Fsp3) is 0.733. The van der Waals surface area contributed by atoms with Crippen molar-refractivity contribution in [3.63, 3.8) is 0 Å². The third-order valence-corrected chi connectivity index (χ3v) is 2.34. The van der Waals surface area contributed by atoms with Gasteiger partial charge in [0.25, 0.3) is 0 Å². The Labute approximate surface area is 135 Å². The van der Waals surface area contributed by atoms with E-state index in [1.165, 1.54) is 0 Å². The molecule has 0 aromatic heterocycles. The van der Waals surface area contributed by atoms with Crippen molar-refractivity contribution in [3.8, 4) is 0 Å². The van der Waals surface area contributed by atoms with Gasteiger partial charge in [0.1, 0.15) is 23.5 Å². The number of carboxylic acid groups (broad SMARTS) is 1. The van der Waals surface area contributed by atoms with E-state index in [1.807, 2.05) is 0 Å². The first-order valence-electron chi connectivity index (χ1n) is 7.20. The lowest BCUT2D eigenvalue weighted by Crippen LogP contribution is -2.52. The van der Waals surface area contributed by atoms with E-state index in [4.69, 9.17) is 9.47 Å². The maximum Gasteiger partial charge on any atom is 0.420 e. The average molecular weight is 331 g/mol. The van der Waals surface area contributed by atoms with E-state index < -0.39 is 35.4 Å². The third kappa shape index (κ3) is 8.18. The molecule has 23 heavy (non-hydrogen) atoms. The van der Waals surface area contributed by atoms with E-state index in [0.29, 0.717) is 11.2 Å². The van der Waals surface area contributed by atoms with Crippen LogP contribution >= 0.6 is 0 Å². The van der Waals surface area contributed by atoms with E-state index >= 15 is 0 Å². The minimum atomic E-state index is -1.55. The van der Waals surface area contributed by atoms with E-state index in [2.05, 4.69) is 0 Å². The molecule has 8 heteroatoms. The number of hydrogen-bond acceptors (Lipinski definition) is 6. The van der Waals surface area contributed by atoms with E-state index in [0.717, 1.165) is 0 Å². The Balaban J connectivity index is 5.57. The number of hydrogen-bond donors (Lipinski definition) is 1. The molecule has 0 fully saturated rings. The first kappa shape index (κ1) is 20.9. The van der Waals surface area contributed by atoms with E-state index in [9.17, 15) is 24.3 Å². The largest absolute Gasteiger partial charge is 0.480 e. The van der Waals surface area contributed by atoms with Crippen LogP contribution in [0.15, 0.2) is 0 Å². The Morgan fingerprint density at radius 2 is 1.39 bits per heavy atom. The normalized spacial score (nSPS) is 13.0. The number of rotatable bonds is 5. The highest BCUT2D eigenvalue weighted by Gasteiger charge is 2.39. The van der Waals surface area contributed by atoms with Crippen molar-refractivity contribution < 1.29 is 33.8 Å². The van der Waals surface area contributed by atoms with Crippen molar-refractivity contribution in [1.82, 2.24) is 4.90 Å². The van der Waals surface area contributed by atoms with Gasteiger partial charge in [-0.15, -0.1) is 0 Å². The number of aliphatic carboxylic acids is 1. The highest BCUT2D eigenvalue weighted by atomic mass is 16.6. The van der Waals surface area contributed by atoms with Crippen LogP contribution in [0.3, 0.4) is 0 Å². The second-order valence-electron chi connectivity index (χ2n) is 6.93. The van der Waals surface area contributed by atoms with Gasteiger partial charge in [-0.25, -0.2) is 14.4 Å². The molecule has 0 heterocycles. The van der Waals surface area contributed by atoms with Gasteiger partial charge in [0.05, 0.1) is 0 Å². The van der Waals surface area contributed by atoms with Crippen LogP contribution in [-0.4, -0.2) is 51.7 Å². The molecule has 0 aliphatic carbocycles. The molecule has 0 aliphatic rings. The smallest absolute Gasteiger partial charge is 0.420 e. The first-order valence-corrected chi connectivity index (χ1v) is 7.20. The molecule has 0 aromatic rings. The molecular weight excluding hydrogens is 306 g/mol. The van der Waals surface area contributed by atoms with Gasteiger partial charge in [-0.1, -0.05) is 0 Å². The van der Waals surface area contributed by atoms with Crippen LogP contribution in [0, 0.1) is 0 Å². The summed E-state index contributed by atoms with van der Waals surface area (Å²) in [5, 5.41) is 9.29. The minimum Gasteiger partial charge on any atom is -0.480 e. The van der Waals surface area contributed by atoms with E-state index in [-0.39, 0.29) is 12.8 Å². The number of ether oxygens (including phenoxy) is 2. The van der Waals surface area contributed by atoms with Crippen molar-refractivity contribution in [2.45, 2.75) is 71.6 Å². The first-order chi connectivity index (χ1) is 10.3. The molecule has 0 aliphatic heterocycles. The summed E-state index contributed by atoms with van der Waals surface area (Å²) in [7, 11) is 0. The lowest BCUT2D eigenvalue weighted by atomic mass is 10.1. The zero-order chi connectivity index (χ0) is 18.4. The molecule has 0 saturated heterocycles. The number of carbonyl (C=O) groups is 4. The minimum absolute atomic E-state index is 0.126. The highest BCUT2D eigenvalue weighted by molar-refractivity contribution is 5.93. The van der Waals surface area contributed by atoms with Gasteiger partial charge in [-0.05, 0) is 48.0 Å². The number of amides is 2. The van der Waals surface area contributed by atoms with Gasteiger partial charge < -0.3 is 19.4 Å². The number of imide groups is 1.